The molecular formula is C10H12. The molecule has 0 spiro atoms. The molecule has 0 fully saturated rings. The van der Waals surface area contributed by atoms with E-state index in [1.165, 1.54) is 11.1 Å². The van der Waals surface area contributed by atoms with Gasteiger partial charge in [-0.3, -0.25) is 0 Å². The molecule has 0 aliphatic carbocycles. The maximum atomic E-state index is 2.12. The molecule has 0 N–H and O–H groups in total. The molecule has 0 heteroatoms. The van der Waals surface area contributed by atoms with Crippen molar-refractivity contribution in [1.82, 2.24) is 0 Å². The molecule has 0 aromatic heterocycles. The van der Waals surface area contributed by atoms with Gasteiger partial charge in [-0.15, -0.1) is 0 Å². The molecule has 0 radical (unpaired) electrons. The van der Waals surface area contributed by atoms with E-state index in [-0.39, 0.29) is 0 Å². The maximum Gasteiger partial charge on any atom is -0.0231 e. The van der Waals surface area contributed by atoms with Gasteiger partial charge in [0.25, 0.3) is 0 Å². The van der Waals surface area contributed by atoms with E-state index in [4.69, 9.17) is 0 Å². The first-order valence-corrected chi connectivity index (χ1v) is 3.53. The van der Waals surface area contributed by atoms with E-state index in [9.17, 15) is 0 Å². The lowest BCUT2D eigenvalue weighted by molar-refractivity contribution is 1.54. The van der Waals surface area contributed by atoms with Gasteiger partial charge in [0.15, 0.2) is 0 Å². The van der Waals surface area contributed by atoms with Gasteiger partial charge < -0.3 is 0 Å². The van der Waals surface area contributed by atoms with Crippen LogP contribution in [-0.4, -0.2) is 0 Å². The van der Waals surface area contributed by atoms with Crippen molar-refractivity contribution >= 4 is 5.57 Å². The second-order valence-electron chi connectivity index (χ2n) is 2.34. The van der Waals surface area contributed by atoms with Gasteiger partial charge in [-0.05, 0) is 25.0 Å². The summed E-state index contributed by atoms with van der Waals surface area (Å²) in [5.41, 5.74) is 2.64. The lowest BCUT2D eigenvalue weighted by Crippen LogP contribution is -1.75. The molecule has 0 heterocycles. The summed E-state index contributed by atoms with van der Waals surface area (Å²) < 4.78 is 0. The summed E-state index contributed by atoms with van der Waals surface area (Å²) in [6, 6.07) is 10.4. The van der Waals surface area contributed by atoms with Gasteiger partial charge in [0, 0.05) is 0 Å². The monoisotopic (exact) mass is 132 g/mol. The van der Waals surface area contributed by atoms with Crippen molar-refractivity contribution in [2.75, 3.05) is 0 Å². The number of benzene rings is 1. The average molecular weight is 132 g/mol. The van der Waals surface area contributed by atoms with E-state index in [2.05, 4.69) is 44.2 Å². The molecule has 0 atom stereocenters. The fourth-order valence-electron chi connectivity index (χ4n) is 0.868. The molecule has 0 nitrogen and oxygen atoms in total. The van der Waals surface area contributed by atoms with Crippen LogP contribution in [-0.2, 0) is 0 Å². The highest BCUT2D eigenvalue weighted by Crippen LogP contribution is 2.11. The zero-order chi connectivity index (χ0) is 7.40. The van der Waals surface area contributed by atoms with Crippen LogP contribution in [0.15, 0.2) is 36.4 Å². The van der Waals surface area contributed by atoms with Crippen LogP contribution in [0.4, 0.5) is 0 Å². The Kier molecular flexibility index (Phi) is 2.27. The van der Waals surface area contributed by atoms with Gasteiger partial charge in [0.2, 0.25) is 0 Å². The molecule has 1 aromatic carbocycles. The Bertz CT molecular complexity index is 219. The first-order chi connectivity index (χ1) is 4.84. The molecule has 0 bridgehead atoms. The zero-order valence-electron chi connectivity index (χ0n) is 6.46. The highest BCUT2D eigenvalue weighted by molar-refractivity contribution is 5.62. The summed E-state index contributed by atoms with van der Waals surface area (Å²) in [4.78, 5) is 0. The lowest BCUT2D eigenvalue weighted by atomic mass is 10.1. The highest BCUT2D eigenvalue weighted by Gasteiger charge is 1.88. The van der Waals surface area contributed by atoms with E-state index in [0.717, 1.165) is 0 Å². The van der Waals surface area contributed by atoms with Gasteiger partial charge in [-0.2, -0.15) is 0 Å². The Morgan fingerprint density at radius 2 is 1.80 bits per heavy atom. The van der Waals surface area contributed by atoms with E-state index in [1.54, 1.807) is 0 Å². The third-order valence-electron chi connectivity index (χ3n) is 1.66. The second kappa shape index (κ2) is 3.21. The normalized spacial score (nSPS) is 11.6. The van der Waals surface area contributed by atoms with Crippen LogP contribution in [0.5, 0.6) is 0 Å². The van der Waals surface area contributed by atoms with Gasteiger partial charge >= 0.3 is 0 Å². The first-order valence-electron chi connectivity index (χ1n) is 3.53. The Hall–Kier alpha value is -1.04. The number of rotatable bonds is 1. The minimum atomic E-state index is 1.31. The molecule has 0 saturated heterocycles. The molecule has 1 rings (SSSR count). The molecule has 0 amide bonds. The molecule has 0 unspecified atom stereocenters. The third kappa shape index (κ3) is 1.47. The zero-order valence-corrected chi connectivity index (χ0v) is 6.46. The van der Waals surface area contributed by atoms with Gasteiger partial charge in [-0.1, -0.05) is 36.4 Å². The van der Waals surface area contributed by atoms with Crippen molar-refractivity contribution in [2.45, 2.75) is 13.8 Å². The summed E-state index contributed by atoms with van der Waals surface area (Å²) >= 11 is 0. The van der Waals surface area contributed by atoms with Crippen LogP contribution in [0.2, 0.25) is 0 Å². The Morgan fingerprint density at radius 1 is 1.20 bits per heavy atom. The van der Waals surface area contributed by atoms with Crippen LogP contribution >= 0.6 is 0 Å². The van der Waals surface area contributed by atoms with Crippen LogP contribution in [0.25, 0.3) is 5.57 Å². The van der Waals surface area contributed by atoms with Crippen LogP contribution < -0.4 is 0 Å². The molecule has 52 valence electrons. The van der Waals surface area contributed by atoms with E-state index in [1.807, 2.05) is 6.07 Å². The number of hydrogen-bond acceptors (Lipinski definition) is 0. The Morgan fingerprint density at radius 3 is 2.30 bits per heavy atom. The van der Waals surface area contributed by atoms with Crippen LogP contribution in [0, 0.1) is 0 Å². The standard InChI is InChI=1S/C10H12/c1-3-9(2)10-7-5-4-6-8-10/h3-8H,1-2H3/b9-3-. The molecular weight excluding hydrogens is 120 g/mol. The highest BCUT2D eigenvalue weighted by atomic mass is 13.9. The molecule has 10 heavy (non-hydrogen) atoms. The third-order valence-corrected chi connectivity index (χ3v) is 1.66. The van der Waals surface area contributed by atoms with Gasteiger partial charge in [0.1, 0.15) is 0 Å². The predicted molar refractivity (Wildman–Crippen MR) is 45.8 cm³/mol. The SMILES string of the molecule is C/C=C(/C)c1ccccc1. The van der Waals surface area contributed by atoms with Gasteiger partial charge in [0.05, 0.1) is 0 Å². The fourth-order valence-corrected chi connectivity index (χ4v) is 0.868. The van der Waals surface area contributed by atoms with E-state index >= 15 is 0 Å². The summed E-state index contributed by atoms with van der Waals surface area (Å²) in [6.45, 7) is 4.18. The van der Waals surface area contributed by atoms with Crippen molar-refractivity contribution in [3.63, 3.8) is 0 Å². The van der Waals surface area contributed by atoms with Gasteiger partial charge in [-0.25, -0.2) is 0 Å². The van der Waals surface area contributed by atoms with Crippen molar-refractivity contribution in [3.8, 4) is 0 Å². The minimum Gasteiger partial charge on any atom is -0.0841 e. The van der Waals surface area contributed by atoms with Crippen LogP contribution in [0.3, 0.4) is 0 Å². The van der Waals surface area contributed by atoms with E-state index < -0.39 is 0 Å². The summed E-state index contributed by atoms with van der Waals surface area (Å²) in [7, 11) is 0. The van der Waals surface area contributed by atoms with Crippen molar-refractivity contribution in [3.05, 3.63) is 42.0 Å². The first kappa shape index (κ1) is 7.07. The van der Waals surface area contributed by atoms with Crippen LogP contribution in [0.1, 0.15) is 19.4 Å². The Labute approximate surface area is 62.2 Å². The number of allylic oxidation sites excluding steroid dienone is 2. The van der Waals surface area contributed by atoms with Crippen molar-refractivity contribution in [1.29, 1.82) is 0 Å². The number of hydrogen-bond donors (Lipinski definition) is 0. The van der Waals surface area contributed by atoms with Crippen molar-refractivity contribution < 1.29 is 0 Å². The molecule has 1 aromatic rings. The Balaban J connectivity index is 2.96. The smallest absolute Gasteiger partial charge is 0.0231 e. The maximum absolute atomic E-state index is 2.12. The molecule has 0 aliphatic heterocycles. The summed E-state index contributed by atoms with van der Waals surface area (Å²) in [5.74, 6) is 0. The van der Waals surface area contributed by atoms with Crippen molar-refractivity contribution in [2.24, 2.45) is 0 Å². The minimum absolute atomic E-state index is 1.31. The quantitative estimate of drug-likeness (QED) is 0.550. The average Bonchev–Trinajstić information content (AvgIpc) is 2.05. The molecule has 0 aliphatic rings. The second-order valence-corrected chi connectivity index (χ2v) is 2.34. The lowest BCUT2D eigenvalue weighted by Gasteiger charge is -1.97. The fraction of sp³-hybridized carbons (Fsp3) is 0.200. The topological polar surface area (TPSA) is 0 Å². The molecule has 0 saturated carbocycles. The largest absolute Gasteiger partial charge is 0.0841 e. The van der Waals surface area contributed by atoms with E-state index in [0.29, 0.717) is 0 Å². The summed E-state index contributed by atoms with van der Waals surface area (Å²) in [5, 5.41) is 0. The predicted octanol–water partition coefficient (Wildman–Crippen LogP) is 3.11. The summed E-state index contributed by atoms with van der Waals surface area (Å²) in [6.07, 6.45) is 2.12.